The topological polar surface area (TPSA) is 29.1 Å². The molecule has 1 fully saturated rings. The standard InChI is InChI=1S/C12H14ClNO/c1-7-3-4-11(10(13)5-7)14-12(15)9-6-8(9)2/h3-5,8-9H,6H2,1-2H3,(H,14,15)/t8-,9+/m1/s1. The van der Waals surface area contributed by atoms with Crippen molar-refractivity contribution in [2.75, 3.05) is 5.32 Å². The monoisotopic (exact) mass is 223 g/mol. The summed E-state index contributed by atoms with van der Waals surface area (Å²) in [5.41, 5.74) is 1.81. The van der Waals surface area contributed by atoms with Crippen LogP contribution in [0.4, 0.5) is 5.69 Å². The van der Waals surface area contributed by atoms with E-state index in [2.05, 4.69) is 12.2 Å². The van der Waals surface area contributed by atoms with Gasteiger partial charge in [0.15, 0.2) is 0 Å². The van der Waals surface area contributed by atoms with E-state index in [1.165, 1.54) is 0 Å². The largest absolute Gasteiger partial charge is 0.325 e. The van der Waals surface area contributed by atoms with Crippen LogP contribution < -0.4 is 5.32 Å². The molecule has 2 atom stereocenters. The average molecular weight is 224 g/mol. The van der Waals surface area contributed by atoms with Crippen molar-refractivity contribution in [3.8, 4) is 0 Å². The number of hydrogen-bond acceptors (Lipinski definition) is 1. The molecule has 0 unspecified atom stereocenters. The molecule has 0 radical (unpaired) electrons. The maximum atomic E-state index is 11.7. The van der Waals surface area contributed by atoms with Crippen LogP contribution in [0.5, 0.6) is 0 Å². The highest BCUT2D eigenvalue weighted by molar-refractivity contribution is 6.33. The fourth-order valence-electron chi connectivity index (χ4n) is 1.63. The third kappa shape index (κ3) is 2.32. The van der Waals surface area contributed by atoms with Crippen molar-refractivity contribution in [1.29, 1.82) is 0 Å². The number of carbonyl (C=O) groups is 1. The van der Waals surface area contributed by atoms with Crippen molar-refractivity contribution >= 4 is 23.2 Å². The van der Waals surface area contributed by atoms with E-state index in [1.807, 2.05) is 25.1 Å². The fourth-order valence-corrected chi connectivity index (χ4v) is 1.92. The Bertz CT molecular complexity index is 403. The quantitative estimate of drug-likeness (QED) is 0.820. The van der Waals surface area contributed by atoms with Crippen molar-refractivity contribution < 1.29 is 4.79 Å². The molecule has 0 saturated heterocycles. The minimum Gasteiger partial charge on any atom is -0.325 e. The second-order valence-corrected chi connectivity index (χ2v) is 4.70. The predicted octanol–water partition coefficient (Wildman–Crippen LogP) is 3.24. The lowest BCUT2D eigenvalue weighted by molar-refractivity contribution is -0.117. The molecule has 0 bridgehead atoms. The average Bonchev–Trinajstić information content (AvgIpc) is 2.88. The molecule has 2 rings (SSSR count). The molecular weight excluding hydrogens is 210 g/mol. The van der Waals surface area contributed by atoms with Gasteiger partial charge in [-0.25, -0.2) is 0 Å². The van der Waals surface area contributed by atoms with Gasteiger partial charge >= 0.3 is 0 Å². The lowest BCUT2D eigenvalue weighted by Gasteiger charge is -2.07. The summed E-state index contributed by atoms with van der Waals surface area (Å²) >= 11 is 6.02. The molecule has 0 heterocycles. The summed E-state index contributed by atoms with van der Waals surface area (Å²) in [7, 11) is 0. The number of anilines is 1. The summed E-state index contributed by atoms with van der Waals surface area (Å²) in [6, 6.07) is 5.65. The Morgan fingerprint density at radius 2 is 2.20 bits per heavy atom. The van der Waals surface area contributed by atoms with Gasteiger partial charge in [-0.3, -0.25) is 4.79 Å². The normalized spacial score (nSPS) is 23.7. The molecule has 1 saturated carbocycles. The van der Waals surface area contributed by atoms with E-state index in [-0.39, 0.29) is 11.8 Å². The van der Waals surface area contributed by atoms with Gasteiger partial charge in [-0.2, -0.15) is 0 Å². The molecular formula is C12H14ClNO. The van der Waals surface area contributed by atoms with Crippen LogP contribution in [0.2, 0.25) is 5.02 Å². The Hall–Kier alpha value is -1.02. The Labute approximate surface area is 94.6 Å². The first-order valence-electron chi connectivity index (χ1n) is 5.15. The summed E-state index contributed by atoms with van der Waals surface area (Å²) in [5.74, 6) is 0.796. The number of benzene rings is 1. The molecule has 0 aromatic heterocycles. The zero-order chi connectivity index (χ0) is 11.0. The van der Waals surface area contributed by atoms with E-state index >= 15 is 0 Å². The zero-order valence-electron chi connectivity index (χ0n) is 8.88. The molecule has 1 aromatic rings. The first kappa shape index (κ1) is 10.5. The molecule has 1 amide bonds. The third-order valence-corrected chi connectivity index (χ3v) is 3.14. The van der Waals surface area contributed by atoms with Crippen LogP contribution in [0.3, 0.4) is 0 Å². The van der Waals surface area contributed by atoms with Crippen LogP contribution in [-0.2, 0) is 4.79 Å². The van der Waals surface area contributed by atoms with Crippen LogP contribution in [0.15, 0.2) is 18.2 Å². The summed E-state index contributed by atoms with van der Waals surface area (Å²) in [5, 5.41) is 3.47. The van der Waals surface area contributed by atoms with E-state index in [4.69, 9.17) is 11.6 Å². The first-order chi connectivity index (χ1) is 7.08. The maximum Gasteiger partial charge on any atom is 0.227 e. The lowest BCUT2D eigenvalue weighted by Crippen LogP contribution is -2.14. The Balaban J connectivity index is 2.07. The van der Waals surface area contributed by atoms with Gasteiger partial charge in [-0.15, -0.1) is 0 Å². The molecule has 0 aliphatic heterocycles. The second-order valence-electron chi connectivity index (χ2n) is 4.29. The van der Waals surface area contributed by atoms with Crippen molar-refractivity contribution in [3.63, 3.8) is 0 Å². The highest BCUT2D eigenvalue weighted by Gasteiger charge is 2.39. The molecule has 2 nitrogen and oxygen atoms in total. The summed E-state index contributed by atoms with van der Waals surface area (Å²) in [4.78, 5) is 11.7. The van der Waals surface area contributed by atoms with Crippen molar-refractivity contribution in [2.24, 2.45) is 11.8 Å². The zero-order valence-corrected chi connectivity index (χ0v) is 9.64. The Morgan fingerprint density at radius 3 is 2.73 bits per heavy atom. The highest BCUT2D eigenvalue weighted by Crippen LogP contribution is 2.38. The van der Waals surface area contributed by atoms with Gasteiger partial charge in [0.25, 0.3) is 0 Å². The van der Waals surface area contributed by atoms with Gasteiger partial charge < -0.3 is 5.32 Å². The molecule has 1 N–H and O–H groups in total. The van der Waals surface area contributed by atoms with Crippen molar-refractivity contribution in [3.05, 3.63) is 28.8 Å². The first-order valence-corrected chi connectivity index (χ1v) is 5.52. The Kier molecular flexibility index (Phi) is 2.70. The lowest BCUT2D eigenvalue weighted by atomic mass is 10.2. The van der Waals surface area contributed by atoms with Gasteiger partial charge in [-0.1, -0.05) is 24.6 Å². The number of carbonyl (C=O) groups excluding carboxylic acids is 1. The van der Waals surface area contributed by atoms with E-state index in [9.17, 15) is 4.79 Å². The molecule has 1 aliphatic rings. The van der Waals surface area contributed by atoms with Crippen LogP contribution in [0, 0.1) is 18.8 Å². The van der Waals surface area contributed by atoms with Crippen LogP contribution in [0.1, 0.15) is 18.9 Å². The molecule has 15 heavy (non-hydrogen) atoms. The number of aryl methyl sites for hydroxylation is 1. The SMILES string of the molecule is Cc1ccc(NC(=O)[C@H]2C[C@H]2C)c(Cl)c1. The summed E-state index contributed by atoms with van der Waals surface area (Å²) < 4.78 is 0. The van der Waals surface area contributed by atoms with Gasteiger partial charge in [0.1, 0.15) is 0 Å². The smallest absolute Gasteiger partial charge is 0.227 e. The maximum absolute atomic E-state index is 11.7. The number of hydrogen-bond donors (Lipinski definition) is 1. The minimum atomic E-state index is 0.0910. The van der Waals surface area contributed by atoms with Gasteiger partial charge in [-0.05, 0) is 37.0 Å². The van der Waals surface area contributed by atoms with Gasteiger partial charge in [0, 0.05) is 5.92 Å². The highest BCUT2D eigenvalue weighted by atomic mass is 35.5. The second kappa shape index (κ2) is 3.86. The summed E-state index contributed by atoms with van der Waals surface area (Å²) in [6.07, 6.45) is 0.995. The minimum absolute atomic E-state index is 0.0910. The number of amides is 1. The predicted molar refractivity (Wildman–Crippen MR) is 62.1 cm³/mol. The molecule has 0 spiro atoms. The number of halogens is 1. The number of nitrogens with one attached hydrogen (secondary N) is 1. The fraction of sp³-hybridized carbons (Fsp3) is 0.417. The molecule has 3 heteroatoms. The summed E-state index contributed by atoms with van der Waals surface area (Å²) in [6.45, 7) is 4.06. The van der Waals surface area contributed by atoms with E-state index < -0.39 is 0 Å². The molecule has 80 valence electrons. The van der Waals surface area contributed by atoms with E-state index in [1.54, 1.807) is 0 Å². The van der Waals surface area contributed by atoms with Gasteiger partial charge in [0.05, 0.1) is 10.7 Å². The molecule has 1 aliphatic carbocycles. The van der Waals surface area contributed by atoms with Crippen LogP contribution >= 0.6 is 11.6 Å². The number of rotatable bonds is 2. The Morgan fingerprint density at radius 1 is 1.53 bits per heavy atom. The van der Waals surface area contributed by atoms with E-state index in [0.29, 0.717) is 16.6 Å². The van der Waals surface area contributed by atoms with Crippen LogP contribution in [0.25, 0.3) is 0 Å². The van der Waals surface area contributed by atoms with Gasteiger partial charge in [0.2, 0.25) is 5.91 Å². The van der Waals surface area contributed by atoms with Crippen LogP contribution in [-0.4, -0.2) is 5.91 Å². The third-order valence-electron chi connectivity index (χ3n) is 2.83. The van der Waals surface area contributed by atoms with Crippen molar-refractivity contribution in [1.82, 2.24) is 0 Å². The van der Waals surface area contributed by atoms with E-state index in [0.717, 1.165) is 12.0 Å². The van der Waals surface area contributed by atoms with Crippen molar-refractivity contribution in [2.45, 2.75) is 20.3 Å². The molecule has 1 aromatic carbocycles.